The van der Waals surface area contributed by atoms with E-state index in [-0.39, 0.29) is 12.4 Å². The van der Waals surface area contributed by atoms with Gasteiger partial charge in [-0.05, 0) is 5.56 Å². The van der Waals surface area contributed by atoms with Crippen molar-refractivity contribution < 1.29 is 0 Å². The van der Waals surface area contributed by atoms with E-state index in [1.807, 2.05) is 48.6 Å². The Balaban J connectivity index is 0.00000144. The molecule has 0 saturated heterocycles. The molecule has 2 heteroatoms. The van der Waals surface area contributed by atoms with Crippen molar-refractivity contribution in [2.45, 2.75) is 0 Å². The summed E-state index contributed by atoms with van der Waals surface area (Å²) in [5.74, 6) is 0. The van der Waals surface area contributed by atoms with Gasteiger partial charge < -0.3 is 0 Å². The van der Waals surface area contributed by atoms with Crippen molar-refractivity contribution in [1.29, 1.82) is 5.26 Å². The molecule has 1 rings (SSSR count). The Hall–Kier alpha value is -1.52. The Morgan fingerprint density at radius 1 is 1.08 bits per heavy atom. The predicted octanol–water partition coefficient (Wildman–Crippen LogP) is 3.20. The fourth-order valence-electron chi connectivity index (χ4n) is 0.829. The zero-order chi connectivity index (χ0) is 8.65. The Morgan fingerprint density at radius 3 is 2.38 bits per heavy atom. The summed E-state index contributed by atoms with van der Waals surface area (Å²) < 4.78 is 0. The van der Waals surface area contributed by atoms with Gasteiger partial charge in [0.15, 0.2) is 0 Å². The third-order valence-electron chi connectivity index (χ3n) is 1.37. The Kier molecular flexibility index (Phi) is 6.31. The van der Waals surface area contributed by atoms with E-state index in [1.54, 1.807) is 6.08 Å². The van der Waals surface area contributed by atoms with Crippen LogP contribution in [0.15, 0.2) is 48.6 Å². The molecule has 0 atom stereocenters. The van der Waals surface area contributed by atoms with Gasteiger partial charge in [-0.25, -0.2) is 0 Å². The molecule has 0 aliphatic carbocycles. The molecule has 66 valence electrons. The first-order valence-corrected chi connectivity index (χ1v) is 3.71. The summed E-state index contributed by atoms with van der Waals surface area (Å²) in [6.07, 6.45) is 6.96. The summed E-state index contributed by atoms with van der Waals surface area (Å²) in [5, 5.41) is 8.19. The zero-order valence-electron chi connectivity index (χ0n) is 7.05. The van der Waals surface area contributed by atoms with Gasteiger partial charge in [-0.15, -0.1) is 12.4 Å². The van der Waals surface area contributed by atoms with Crippen LogP contribution >= 0.6 is 12.4 Å². The summed E-state index contributed by atoms with van der Waals surface area (Å²) in [7, 11) is 0. The SMILES string of the molecule is Cl.N#CC=CC=Cc1ccccc1. The second-order valence-electron chi connectivity index (χ2n) is 2.26. The van der Waals surface area contributed by atoms with E-state index in [0.29, 0.717) is 0 Å². The molecule has 0 spiro atoms. The first-order chi connectivity index (χ1) is 5.93. The largest absolute Gasteiger partial charge is 0.193 e. The lowest BCUT2D eigenvalue weighted by Crippen LogP contribution is -1.66. The van der Waals surface area contributed by atoms with Crippen LogP contribution in [0.2, 0.25) is 0 Å². The molecule has 0 radical (unpaired) electrons. The smallest absolute Gasteiger partial charge is 0.0912 e. The van der Waals surface area contributed by atoms with E-state index in [1.165, 1.54) is 6.08 Å². The van der Waals surface area contributed by atoms with Crippen LogP contribution in [0.4, 0.5) is 0 Å². The van der Waals surface area contributed by atoms with Crippen LogP contribution in [0.1, 0.15) is 5.56 Å². The lowest BCUT2D eigenvalue weighted by Gasteiger charge is -1.87. The van der Waals surface area contributed by atoms with Crippen LogP contribution in [-0.2, 0) is 0 Å². The lowest BCUT2D eigenvalue weighted by molar-refractivity contribution is 1.53. The minimum absolute atomic E-state index is 0. The van der Waals surface area contributed by atoms with Gasteiger partial charge in [-0.2, -0.15) is 5.26 Å². The van der Waals surface area contributed by atoms with Crippen molar-refractivity contribution >= 4 is 18.5 Å². The molecule has 0 fully saturated rings. The van der Waals surface area contributed by atoms with Crippen LogP contribution in [0.25, 0.3) is 6.08 Å². The van der Waals surface area contributed by atoms with Crippen molar-refractivity contribution in [2.24, 2.45) is 0 Å². The van der Waals surface area contributed by atoms with Crippen LogP contribution in [0.3, 0.4) is 0 Å². The number of halogens is 1. The summed E-state index contributed by atoms with van der Waals surface area (Å²) in [6, 6.07) is 11.9. The fraction of sp³-hybridized carbons (Fsp3) is 0. The third-order valence-corrected chi connectivity index (χ3v) is 1.37. The molecule has 1 aromatic rings. The van der Waals surface area contributed by atoms with Gasteiger partial charge in [0.2, 0.25) is 0 Å². The van der Waals surface area contributed by atoms with E-state index < -0.39 is 0 Å². The van der Waals surface area contributed by atoms with Gasteiger partial charge in [0, 0.05) is 6.08 Å². The Morgan fingerprint density at radius 2 is 1.77 bits per heavy atom. The fourth-order valence-corrected chi connectivity index (χ4v) is 0.829. The monoisotopic (exact) mass is 191 g/mol. The molecular weight excluding hydrogens is 182 g/mol. The lowest BCUT2D eigenvalue weighted by atomic mass is 10.2. The van der Waals surface area contributed by atoms with Crippen molar-refractivity contribution in [3.8, 4) is 6.07 Å². The molecular formula is C11H10ClN. The Bertz CT molecular complexity index is 320. The second-order valence-corrected chi connectivity index (χ2v) is 2.26. The van der Waals surface area contributed by atoms with E-state index in [4.69, 9.17) is 5.26 Å². The number of hydrogen-bond acceptors (Lipinski definition) is 1. The van der Waals surface area contributed by atoms with Crippen LogP contribution in [0.5, 0.6) is 0 Å². The minimum atomic E-state index is 0. The van der Waals surface area contributed by atoms with Gasteiger partial charge in [0.1, 0.15) is 0 Å². The van der Waals surface area contributed by atoms with Gasteiger partial charge in [-0.3, -0.25) is 0 Å². The number of nitriles is 1. The highest BCUT2D eigenvalue weighted by Crippen LogP contribution is 2.00. The molecule has 0 unspecified atom stereocenters. The average Bonchev–Trinajstić information content (AvgIpc) is 2.14. The van der Waals surface area contributed by atoms with Crippen LogP contribution in [-0.4, -0.2) is 0 Å². The normalized spacial score (nSPS) is 9.77. The molecule has 0 aromatic heterocycles. The molecule has 0 bridgehead atoms. The topological polar surface area (TPSA) is 23.8 Å². The Labute approximate surface area is 84.4 Å². The third kappa shape index (κ3) is 4.84. The van der Waals surface area contributed by atoms with E-state index in [0.717, 1.165) is 5.56 Å². The number of benzene rings is 1. The molecule has 0 heterocycles. The molecule has 0 amide bonds. The zero-order valence-corrected chi connectivity index (χ0v) is 7.87. The predicted molar refractivity (Wildman–Crippen MR) is 57.5 cm³/mol. The van der Waals surface area contributed by atoms with E-state index >= 15 is 0 Å². The summed E-state index contributed by atoms with van der Waals surface area (Å²) >= 11 is 0. The first kappa shape index (κ1) is 11.5. The maximum absolute atomic E-state index is 8.19. The quantitative estimate of drug-likeness (QED) is 0.520. The molecule has 1 nitrogen and oxygen atoms in total. The molecule has 13 heavy (non-hydrogen) atoms. The van der Waals surface area contributed by atoms with Gasteiger partial charge >= 0.3 is 0 Å². The van der Waals surface area contributed by atoms with Crippen molar-refractivity contribution in [2.75, 3.05) is 0 Å². The average molecular weight is 192 g/mol. The second kappa shape index (κ2) is 7.15. The van der Waals surface area contributed by atoms with Crippen molar-refractivity contribution in [3.63, 3.8) is 0 Å². The van der Waals surface area contributed by atoms with Gasteiger partial charge in [0.05, 0.1) is 6.07 Å². The van der Waals surface area contributed by atoms with E-state index in [9.17, 15) is 0 Å². The number of rotatable bonds is 2. The highest BCUT2D eigenvalue weighted by molar-refractivity contribution is 5.85. The summed E-state index contributed by atoms with van der Waals surface area (Å²) in [6.45, 7) is 0. The molecule has 0 aliphatic rings. The highest BCUT2D eigenvalue weighted by atomic mass is 35.5. The number of allylic oxidation sites excluding steroid dienone is 3. The number of hydrogen-bond donors (Lipinski definition) is 0. The minimum Gasteiger partial charge on any atom is -0.193 e. The first-order valence-electron chi connectivity index (χ1n) is 3.71. The molecule has 0 saturated carbocycles. The summed E-state index contributed by atoms with van der Waals surface area (Å²) in [5.41, 5.74) is 1.14. The van der Waals surface area contributed by atoms with E-state index in [2.05, 4.69) is 0 Å². The van der Waals surface area contributed by atoms with Crippen molar-refractivity contribution in [1.82, 2.24) is 0 Å². The maximum Gasteiger partial charge on any atom is 0.0912 e. The summed E-state index contributed by atoms with van der Waals surface area (Å²) in [4.78, 5) is 0. The standard InChI is InChI=1S/C11H9N.ClH/c12-10-6-2-5-9-11-7-3-1-4-8-11;/h1-9H;1H. The maximum atomic E-state index is 8.19. The number of nitrogens with zero attached hydrogens (tertiary/aromatic N) is 1. The van der Waals surface area contributed by atoms with Crippen LogP contribution < -0.4 is 0 Å². The molecule has 1 aromatic carbocycles. The van der Waals surface area contributed by atoms with Crippen molar-refractivity contribution in [3.05, 3.63) is 54.1 Å². The molecule has 0 aliphatic heterocycles. The highest BCUT2D eigenvalue weighted by Gasteiger charge is 1.78. The molecule has 0 N–H and O–H groups in total. The van der Waals surface area contributed by atoms with Gasteiger partial charge in [-0.1, -0.05) is 48.6 Å². The van der Waals surface area contributed by atoms with Crippen LogP contribution in [0, 0.1) is 11.3 Å². The van der Waals surface area contributed by atoms with Gasteiger partial charge in [0.25, 0.3) is 0 Å².